The molecule has 1 rings (SSSR count). The average molecular weight is 199 g/mol. The molecule has 0 atom stereocenters. The molecule has 1 aliphatic heterocycles. The molecular weight excluding hydrogens is 182 g/mol. The van der Waals surface area contributed by atoms with E-state index in [1.165, 1.54) is 19.3 Å². The summed E-state index contributed by atoms with van der Waals surface area (Å²) in [7, 11) is 0. The summed E-state index contributed by atoms with van der Waals surface area (Å²) in [5, 5.41) is 1.94. The summed E-state index contributed by atoms with van der Waals surface area (Å²) in [5.74, 6) is -0.396. The molecule has 0 N–H and O–H groups in total. The van der Waals surface area contributed by atoms with E-state index in [2.05, 4.69) is 6.58 Å². The third kappa shape index (κ3) is 4.39. The van der Waals surface area contributed by atoms with E-state index in [0.29, 0.717) is 13.2 Å². The van der Waals surface area contributed by atoms with Crippen molar-refractivity contribution in [2.24, 2.45) is 0 Å². The molecule has 14 heavy (non-hydrogen) atoms. The minimum Gasteiger partial charge on any atom is -0.460 e. The van der Waals surface area contributed by atoms with Crippen LogP contribution in [0, 0.1) is 0 Å². The Labute approximate surface area is 84.4 Å². The number of hydrogen-bond acceptors (Lipinski definition) is 4. The van der Waals surface area contributed by atoms with Gasteiger partial charge in [-0.15, -0.1) is 0 Å². The first-order valence-electron chi connectivity index (χ1n) is 5.00. The Morgan fingerprint density at radius 3 is 2.64 bits per heavy atom. The van der Waals surface area contributed by atoms with Crippen LogP contribution < -0.4 is 0 Å². The standard InChI is InChI=1S/C10H17NO3/c1-2-10(12)13-8-9-14-11-6-4-3-5-7-11/h2H,1,3-9H2. The molecule has 0 aromatic heterocycles. The zero-order valence-electron chi connectivity index (χ0n) is 8.41. The van der Waals surface area contributed by atoms with Crippen LogP contribution in [-0.2, 0) is 14.4 Å². The number of nitrogens with zero attached hydrogens (tertiary/aromatic N) is 1. The first-order chi connectivity index (χ1) is 6.83. The number of rotatable bonds is 5. The van der Waals surface area contributed by atoms with Crippen molar-refractivity contribution in [2.45, 2.75) is 19.3 Å². The molecule has 0 aromatic carbocycles. The lowest BCUT2D eigenvalue weighted by Crippen LogP contribution is -2.31. The summed E-state index contributed by atoms with van der Waals surface area (Å²) in [6.07, 6.45) is 4.81. The van der Waals surface area contributed by atoms with Gasteiger partial charge in [0.1, 0.15) is 13.2 Å². The third-order valence-electron chi connectivity index (χ3n) is 2.08. The maximum Gasteiger partial charge on any atom is 0.330 e. The summed E-state index contributed by atoms with van der Waals surface area (Å²) in [6, 6.07) is 0. The van der Waals surface area contributed by atoms with Crippen molar-refractivity contribution in [1.29, 1.82) is 0 Å². The monoisotopic (exact) mass is 199 g/mol. The van der Waals surface area contributed by atoms with Gasteiger partial charge < -0.3 is 4.74 Å². The largest absolute Gasteiger partial charge is 0.460 e. The van der Waals surface area contributed by atoms with Crippen molar-refractivity contribution < 1.29 is 14.4 Å². The molecule has 0 amide bonds. The number of carbonyl (C=O) groups excluding carboxylic acids is 1. The van der Waals surface area contributed by atoms with E-state index in [-0.39, 0.29) is 0 Å². The van der Waals surface area contributed by atoms with E-state index in [4.69, 9.17) is 9.57 Å². The summed E-state index contributed by atoms with van der Waals surface area (Å²) < 4.78 is 4.77. The second kappa shape index (κ2) is 6.56. The molecule has 80 valence electrons. The van der Waals surface area contributed by atoms with Crippen LogP contribution >= 0.6 is 0 Å². The molecule has 4 heteroatoms. The maximum atomic E-state index is 10.7. The quantitative estimate of drug-likeness (QED) is 0.378. The topological polar surface area (TPSA) is 38.8 Å². The van der Waals surface area contributed by atoms with Gasteiger partial charge in [0.05, 0.1) is 0 Å². The van der Waals surface area contributed by atoms with Crippen LogP contribution in [0.4, 0.5) is 0 Å². The van der Waals surface area contributed by atoms with Gasteiger partial charge in [0.2, 0.25) is 0 Å². The second-order valence-electron chi connectivity index (χ2n) is 3.19. The normalized spacial score (nSPS) is 17.7. The van der Waals surface area contributed by atoms with Crippen LogP contribution in [0.25, 0.3) is 0 Å². The van der Waals surface area contributed by atoms with Gasteiger partial charge in [-0.05, 0) is 12.8 Å². The highest BCUT2D eigenvalue weighted by atomic mass is 16.7. The number of carbonyl (C=O) groups is 1. The first-order valence-corrected chi connectivity index (χ1v) is 5.00. The highest BCUT2D eigenvalue weighted by Gasteiger charge is 2.09. The van der Waals surface area contributed by atoms with Crippen molar-refractivity contribution in [3.05, 3.63) is 12.7 Å². The molecule has 1 fully saturated rings. The number of ether oxygens (including phenoxy) is 1. The Morgan fingerprint density at radius 2 is 2.00 bits per heavy atom. The zero-order chi connectivity index (χ0) is 10.2. The van der Waals surface area contributed by atoms with Gasteiger partial charge in [0, 0.05) is 19.2 Å². The molecule has 1 aliphatic rings. The van der Waals surface area contributed by atoms with E-state index in [1.54, 1.807) is 0 Å². The molecule has 0 aromatic rings. The highest BCUT2D eigenvalue weighted by Crippen LogP contribution is 2.08. The molecule has 0 bridgehead atoms. The summed E-state index contributed by atoms with van der Waals surface area (Å²) in [4.78, 5) is 16.1. The van der Waals surface area contributed by atoms with Crippen LogP contribution in [0.15, 0.2) is 12.7 Å². The minimum atomic E-state index is -0.396. The van der Waals surface area contributed by atoms with Crippen molar-refractivity contribution in [3.63, 3.8) is 0 Å². The average Bonchev–Trinajstić information content (AvgIpc) is 2.25. The van der Waals surface area contributed by atoms with Crippen LogP contribution in [0.2, 0.25) is 0 Å². The van der Waals surface area contributed by atoms with Crippen LogP contribution in [0.3, 0.4) is 0 Å². The van der Waals surface area contributed by atoms with Gasteiger partial charge in [0.15, 0.2) is 0 Å². The molecule has 0 aliphatic carbocycles. The van der Waals surface area contributed by atoms with Gasteiger partial charge in [-0.25, -0.2) is 4.79 Å². The Balaban J connectivity index is 1.97. The summed E-state index contributed by atoms with van der Waals surface area (Å²) in [6.45, 7) is 5.99. The van der Waals surface area contributed by atoms with Crippen LogP contribution in [0.5, 0.6) is 0 Å². The lowest BCUT2D eigenvalue weighted by Gasteiger charge is -2.25. The van der Waals surface area contributed by atoms with Crippen LogP contribution in [-0.4, -0.2) is 37.3 Å². The lowest BCUT2D eigenvalue weighted by atomic mass is 10.2. The predicted molar refractivity (Wildman–Crippen MR) is 52.5 cm³/mol. The second-order valence-corrected chi connectivity index (χ2v) is 3.19. The minimum absolute atomic E-state index is 0.293. The zero-order valence-corrected chi connectivity index (χ0v) is 8.41. The van der Waals surface area contributed by atoms with Gasteiger partial charge in [-0.1, -0.05) is 13.0 Å². The fourth-order valence-electron chi connectivity index (χ4n) is 1.36. The Bertz CT molecular complexity index is 188. The van der Waals surface area contributed by atoms with E-state index < -0.39 is 5.97 Å². The van der Waals surface area contributed by atoms with E-state index >= 15 is 0 Å². The van der Waals surface area contributed by atoms with Crippen molar-refractivity contribution in [1.82, 2.24) is 5.06 Å². The molecule has 0 saturated carbocycles. The summed E-state index contributed by atoms with van der Waals surface area (Å²) >= 11 is 0. The van der Waals surface area contributed by atoms with Gasteiger partial charge in [-0.2, -0.15) is 5.06 Å². The number of esters is 1. The summed E-state index contributed by atoms with van der Waals surface area (Å²) in [5.41, 5.74) is 0. The number of piperidine rings is 1. The fourth-order valence-corrected chi connectivity index (χ4v) is 1.36. The van der Waals surface area contributed by atoms with Gasteiger partial charge in [0.25, 0.3) is 0 Å². The van der Waals surface area contributed by atoms with Gasteiger partial charge >= 0.3 is 5.97 Å². The predicted octanol–water partition coefficient (Wildman–Crippen LogP) is 1.13. The lowest BCUT2D eigenvalue weighted by molar-refractivity contribution is -0.180. The van der Waals surface area contributed by atoms with Crippen molar-refractivity contribution in [2.75, 3.05) is 26.3 Å². The molecule has 0 radical (unpaired) electrons. The number of hydroxylamine groups is 2. The van der Waals surface area contributed by atoms with E-state index in [1.807, 2.05) is 5.06 Å². The fraction of sp³-hybridized carbons (Fsp3) is 0.700. The van der Waals surface area contributed by atoms with E-state index in [0.717, 1.165) is 19.2 Å². The van der Waals surface area contributed by atoms with E-state index in [9.17, 15) is 4.79 Å². The Hall–Kier alpha value is -0.870. The number of hydrogen-bond donors (Lipinski definition) is 0. The molecular formula is C10H17NO3. The molecule has 0 unspecified atom stereocenters. The van der Waals surface area contributed by atoms with Gasteiger partial charge in [-0.3, -0.25) is 4.84 Å². The maximum absolute atomic E-state index is 10.7. The van der Waals surface area contributed by atoms with Crippen molar-refractivity contribution >= 4 is 5.97 Å². The highest BCUT2D eigenvalue weighted by molar-refractivity contribution is 5.81. The first kappa shape index (κ1) is 11.2. The smallest absolute Gasteiger partial charge is 0.330 e. The molecule has 0 spiro atoms. The molecule has 1 heterocycles. The Morgan fingerprint density at radius 1 is 1.29 bits per heavy atom. The third-order valence-corrected chi connectivity index (χ3v) is 2.08. The van der Waals surface area contributed by atoms with Crippen LogP contribution in [0.1, 0.15) is 19.3 Å². The SMILES string of the molecule is C=CC(=O)OCCON1CCCCC1. The Kier molecular flexibility index (Phi) is 5.25. The molecule has 4 nitrogen and oxygen atoms in total. The molecule has 1 saturated heterocycles. The van der Waals surface area contributed by atoms with Crippen molar-refractivity contribution in [3.8, 4) is 0 Å².